The Morgan fingerprint density at radius 1 is 0.300 bits per heavy atom. The second kappa shape index (κ2) is 12.0. The topological polar surface area (TPSA) is 0 Å². The highest BCUT2D eigenvalue weighted by atomic mass is 28.3. The average Bonchev–Trinajstić information content (AvgIpc) is 3.16. The molecular formula is C49H38Si. The molecule has 0 fully saturated rings. The van der Waals surface area contributed by atoms with Gasteiger partial charge in [0, 0.05) is 0 Å². The zero-order chi connectivity index (χ0) is 33.8. The molecule has 9 rings (SSSR count). The van der Waals surface area contributed by atoms with E-state index < -0.39 is 8.07 Å². The van der Waals surface area contributed by atoms with E-state index in [1.165, 1.54) is 92.8 Å². The molecule has 0 atom stereocenters. The summed E-state index contributed by atoms with van der Waals surface area (Å²) in [5.41, 5.74) is 10.0. The predicted octanol–water partition coefficient (Wildman–Crippen LogP) is 13.5. The molecule has 1 heteroatoms. The highest BCUT2D eigenvalue weighted by Gasteiger charge is 2.19. The summed E-state index contributed by atoms with van der Waals surface area (Å²) < 4.78 is 0. The van der Waals surface area contributed by atoms with Gasteiger partial charge in [-0.05, 0) is 99.7 Å². The van der Waals surface area contributed by atoms with Crippen molar-refractivity contribution in [1.82, 2.24) is 0 Å². The van der Waals surface area contributed by atoms with Crippen LogP contribution in [0.3, 0.4) is 0 Å². The molecule has 0 saturated carbocycles. The summed E-state index contributed by atoms with van der Waals surface area (Å²) in [6.45, 7) is 7.26. The van der Waals surface area contributed by atoms with Crippen molar-refractivity contribution in [3.63, 3.8) is 0 Å². The lowest BCUT2D eigenvalue weighted by Gasteiger charge is -2.20. The van der Waals surface area contributed by atoms with Gasteiger partial charge in [0.2, 0.25) is 0 Å². The minimum absolute atomic E-state index is 1.23. The van der Waals surface area contributed by atoms with Gasteiger partial charge < -0.3 is 0 Å². The average molecular weight is 655 g/mol. The van der Waals surface area contributed by atoms with Gasteiger partial charge in [0.25, 0.3) is 0 Å². The van der Waals surface area contributed by atoms with E-state index in [1.807, 2.05) is 0 Å². The van der Waals surface area contributed by atoms with E-state index in [1.54, 1.807) is 0 Å². The van der Waals surface area contributed by atoms with Crippen LogP contribution in [0.15, 0.2) is 176 Å². The second-order valence-corrected chi connectivity index (χ2v) is 19.6. The van der Waals surface area contributed by atoms with Crippen molar-refractivity contribution in [3.8, 4) is 44.5 Å². The van der Waals surface area contributed by atoms with Crippen molar-refractivity contribution in [2.24, 2.45) is 0 Å². The normalized spacial score (nSPS) is 11.9. The van der Waals surface area contributed by atoms with E-state index in [9.17, 15) is 0 Å². The molecule has 0 amide bonds. The molecule has 0 unspecified atom stereocenters. The monoisotopic (exact) mass is 654 g/mol. The fourth-order valence-electron chi connectivity index (χ4n) is 7.77. The Balaban J connectivity index is 1.29. The summed E-state index contributed by atoms with van der Waals surface area (Å²) in [7, 11) is -1.41. The van der Waals surface area contributed by atoms with Gasteiger partial charge in [-0.1, -0.05) is 189 Å². The molecule has 238 valence electrons. The first-order chi connectivity index (χ1) is 24.4. The molecule has 0 aromatic heterocycles. The minimum Gasteiger partial charge on any atom is -0.0656 e. The van der Waals surface area contributed by atoms with E-state index in [0.29, 0.717) is 0 Å². The minimum atomic E-state index is -1.41. The van der Waals surface area contributed by atoms with Crippen LogP contribution in [0.1, 0.15) is 0 Å². The quantitative estimate of drug-likeness (QED) is 0.128. The molecule has 0 N–H and O–H groups in total. The maximum atomic E-state index is 2.42. The summed E-state index contributed by atoms with van der Waals surface area (Å²) in [4.78, 5) is 0. The lowest BCUT2D eigenvalue weighted by Crippen LogP contribution is -2.37. The Kier molecular flexibility index (Phi) is 7.26. The van der Waals surface area contributed by atoms with Crippen molar-refractivity contribution in [1.29, 1.82) is 0 Å². The van der Waals surface area contributed by atoms with Crippen LogP contribution in [0.4, 0.5) is 0 Å². The molecule has 0 aliphatic heterocycles. The highest BCUT2D eigenvalue weighted by molar-refractivity contribution is 6.88. The van der Waals surface area contributed by atoms with Crippen LogP contribution >= 0.6 is 0 Å². The molecule has 0 aliphatic carbocycles. The first-order valence-corrected chi connectivity index (χ1v) is 21.1. The lowest BCUT2D eigenvalue weighted by atomic mass is 9.84. The Morgan fingerprint density at radius 3 is 1.62 bits per heavy atom. The third-order valence-corrected chi connectivity index (χ3v) is 12.4. The molecule has 0 aliphatic rings. The summed E-state index contributed by atoms with van der Waals surface area (Å²) in [6, 6.07) is 65.4. The van der Waals surface area contributed by atoms with Crippen LogP contribution in [0, 0.1) is 0 Å². The predicted molar refractivity (Wildman–Crippen MR) is 221 cm³/mol. The van der Waals surface area contributed by atoms with Crippen LogP contribution in [0.5, 0.6) is 0 Å². The molecule has 50 heavy (non-hydrogen) atoms. The Hall–Kier alpha value is -5.76. The number of fused-ring (bicyclic) bond motifs is 4. The molecule has 9 aromatic rings. The Morgan fingerprint density at radius 2 is 0.860 bits per heavy atom. The van der Waals surface area contributed by atoms with Crippen molar-refractivity contribution < 1.29 is 0 Å². The number of benzene rings is 9. The van der Waals surface area contributed by atoms with Gasteiger partial charge in [-0.25, -0.2) is 0 Å². The van der Waals surface area contributed by atoms with Crippen molar-refractivity contribution >= 4 is 56.4 Å². The van der Waals surface area contributed by atoms with E-state index >= 15 is 0 Å². The second-order valence-electron chi connectivity index (χ2n) is 14.6. The molecule has 0 saturated heterocycles. The third kappa shape index (κ3) is 5.23. The van der Waals surface area contributed by atoms with Gasteiger partial charge in [0.1, 0.15) is 0 Å². The third-order valence-electron chi connectivity index (χ3n) is 10.4. The Labute approximate surface area is 295 Å². The fourth-order valence-corrected chi connectivity index (χ4v) is 8.94. The summed E-state index contributed by atoms with van der Waals surface area (Å²) in [6.07, 6.45) is 0. The lowest BCUT2D eigenvalue weighted by molar-refractivity contribution is 1.62. The SMILES string of the molecule is C[Si](C)(C)c1ccc2cc(-c3c4ccccc4c(-c4ccc(-c5cccc6ccccc56)cc4)c4cc(-c5ccccc5)ccc34)ccc2c1. The van der Waals surface area contributed by atoms with E-state index in [-0.39, 0.29) is 0 Å². The van der Waals surface area contributed by atoms with Gasteiger partial charge in [-0.2, -0.15) is 0 Å². The van der Waals surface area contributed by atoms with Gasteiger partial charge in [0.15, 0.2) is 0 Å². The zero-order valence-corrected chi connectivity index (χ0v) is 29.7. The van der Waals surface area contributed by atoms with Crippen LogP contribution in [-0.2, 0) is 0 Å². The fraction of sp³-hybridized carbons (Fsp3) is 0.0612. The molecule has 0 heterocycles. The van der Waals surface area contributed by atoms with Crippen molar-refractivity contribution in [2.75, 3.05) is 0 Å². The molecule has 0 radical (unpaired) electrons. The van der Waals surface area contributed by atoms with Crippen LogP contribution < -0.4 is 5.19 Å². The smallest absolute Gasteiger partial charge is 0.0656 e. The van der Waals surface area contributed by atoms with Crippen molar-refractivity contribution in [3.05, 3.63) is 176 Å². The standard InChI is InChI=1S/C49H38Si/c1-50(2,3)41-28-26-37-30-40(25-24-38(37)31-41)49-45-18-10-9-17-44(45)48(47-32-39(27-29-46(47)49)33-12-5-4-6-13-33)36-22-20-35(21-23-36)43-19-11-15-34-14-7-8-16-42(34)43/h4-32H,1-3H3. The Bertz CT molecular complexity index is 2710. The zero-order valence-electron chi connectivity index (χ0n) is 28.7. The van der Waals surface area contributed by atoms with Gasteiger partial charge in [0.05, 0.1) is 8.07 Å². The number of hydrogen-bond acceptors (Lipinski definition) is 0. The summed E-state index contributed by atoms with van der Waals surface area (Å²) in [5.74, 6) is 0. The highest BCUT2D eigenvalue weighted by Crippen LogP contribution is 2.45. The molecule has 0 spiro atoms. The largest absolute Gasteiger partial charge is 0.0776 e. The van der Waals surface area contributed by atoms with Gasteiger partial charge >= 0.3 is 0 Å². The summed E-state index contributed by atoms with van der Waals surface area (Å²) in [5, 5.41) is 11.7. The van der Waals surface area contributed by atoms with E-state index in [4.69, 9.17) is 0 Å². The molecule has 0 bridgehead atoms. The molecule has 0 nitrogen and oxygen atoms in total. The van der Waals surface area contributed by atoms with Gasteiger partial charge in [-0.15, -0.1) is 0 Å². The molecule has 9 aromatic carbocycles. The van der Waals surface area contributed by atoms with E-state index in [0.717, 1.165) is 0 Å². The van der Waals surface area contributed by atoms with Crippen molar-refractivity contribution in [2.45, 2.75) is 19.6 Å². The van der Waals surface area contributed by atoms with Crippen LogP contribution in [-0.4, -0.2) is 8.07 Å². The van der Waals surface area contributed by atoms with Gasteiger partial charge in [-0.3, -0.25) is 0 Å². The van der Waals surface area contributed by atoms with Crippen LogP contribution in [0.25, 0.3) is 87.6 Å². The maximum absolute atomic E-state index is 2.42. The first-order valence-electron chi connectivity index (χ1n) is 17.6. The van der Waals surface area contributed by atoms with E-state index in [2.05, 4.69) is 196 Å². The number of rotatable bonds is 5. The maximum Gasteiger partial charge on any atom is 0.0776 e. The summed E-state index contributed by atoms with van der Waals surface area (Å²) >= 11 is 0. The van der Waals surface area contributed by atoms with Crippen LogP contribution in [0.2, 0.25) is 19.6 Å². The first kappa shape index (κ1) is 30.3. The number of hydrogen-bond donors (Lipinski definition) is 0. The molecular weight excluding hydrogens is 617 g/mol.